The zero-order valence-electron chi connectivity index (χ0n) is 11.1. The molecular weight excluding hydrogens is 228 g/mol. The summed E-state index contributed by atoms with van der Waals surface area (Å²) in [6, 6.07) is 0. The van der Waals surface area contributed by atoms with Gasteiger partial charge in [0.05, 0.1) is 18.1 Å². The molecule has 1 saturated carbocycles. The highest BCUT2D eigenvalue weighted by molar-refractivity contribution is 5.92. The van der Waals surface area contributed by atoms with E-state index in [0.717, 1.165) is 31.6 Å². The Hall–Kier alpha value is -1.36. The molecule has 0 aromatic carbocycles. The van der Waals surface area contributed by atoms with E-state index in [4.69, 9.17) is 5.73 Å². The van der Waals surface area contributed by atoms with Gasteiger partial charge in [-0.1, -0.05) is 6.92 Å². The second-order valence-corrected chi connectivity index (χ2v) is 5.51. The van der Waals surface area contributed by atoms with Gasteiger partial charge in [0.2, 0.25) is 0 Å². The van der Waals surface area contributed by atoms with E-state index in [1.54, 1.807) is 17.1 Å². The van der Waals surface area contributed by atoms with Crippen LogP contribution in [-0.2, 0) is 7.05 Å². The summed E-state index contributed by atoms with van der Waals surface area (Å²) < 4.78 is 1.73. The third kappa shape index (κ3) is 2.56. The molecule has 0 saturated heterocycles. The van der Waals surface area contributed by atoms with Gasteiger partial charge in [0.15, 0.2) is 0 Å². The van der Waals surface area contributed by atoms with Crippen LogP contribution in [0, 0.1) is 5.92 Å². The Morgan fingerprint density at radius 2 is 2.28 bits per heavy atom. The lowest BCUT2D eigenvalue weighted by molar-refractivity contribution is 0.0851. The lowest BCUT2D eigenvalue weighted by Crippen LogP contribution is -2.55. The maximum Gasteiger partial charge on any atom is 0.270 e. The third-order valence-electron chi connectivity index (χ3n) is 4.05. The average Bonchev–Trinajstić information content (AvgIpc) is 2.79. The van der Waals surface area contributed by atoms with Crippen molar-refractivity contribution >= 4 is 5.91 Å². The molecule has 0 aliphatic heterocycles. The van der Waals surface area contributed by atoms with Crippen molar-refractivity contribution < 1.29 is 4.79 Å². The number of carbonyl (C=O) groups excluding carboxylic acids is 1. The largest absolute Gasteiger partial charge is 0.344 e. The Bertz CT molecular complexity index is 418. The SMILES string of the molecule is CC1CCC(CN)(NC(=O)c2cncn2C)CC1. The highest BCUT2D eigenvalue weighted by Crippen LogP contribution is 2.31. The molecule has 1 heterocycles. The number of aryl methyl sites for hydroxylation is 1. The number of nitrogens with zero attached hydrogens (tertiary/aromatic N) is 2. The van der Waals surface area contributed by atoms with Crippen molar-refractivity contribution in [3.63, 3.8) is 0 Å². The summed E-state index contributed by atoms with van der Waals surface area (Å²) in [5.74, 6) is 0.660. The minimum atomic E-state index is -0.228. The highest BCUT2D eigenvalue weighted by Gasteiger charge is 2.34. The Morgan fingerprint density at radius 3 is 2.78 bits per heavy atom. The Balaban J connectivity index is 2.07. The summed E-state index contributed by atoms with van der Waals surface area (Å²) in [7, 11) is 1.82. The first-order valence-corrected chi connectivity index (χ1v) is 6.55. The van der Waals surface area contributed by atoms with Gasteiger partial charge in [0, 0.05) is 13.6 Å². The Labute approximate surface area is 108 Å². The van der Waals surface area contributed by atoms with Gasteiger partial charge in [-0.05, 0) is 31.6 Å². The summed E-state index contributed by atoms with van der Waals surface area (Å²) >= 11 is 0. The van der Waals surface area contributed by atoms with Crippen molar-refractivity contribution in [2.45, 2.75) is 38.1 Å². The van der Waals surface area contributed by atoms with Crippen LogP contribution in [0.5, 0.6) is 0 Å². The van der Waals surface area contributed by atoms with Crippen LogP contribution in [0.3, 0.4) is 0 Å². The van der Waals surface area contributed by atoms with Crippen molar-refractivity contribution in [1.29, 1.82) is 0 Å². The van der Waals surface area contributed by atoms with Gasteiger partial charge in [-0.3, -0.25) is 4.79 Å². The third-order valence-corrected chi connectivity index (χ3v) is 4.05. The minimum Gasteiger partial charge on any atom is -0.344 e. The van der Waals surface area contributed by atoms with Crippen molar-refractivity contribution in [3.8, 4) is 0 Å². The fraction of sp³-hybridized carbons (Fsp3) is 0.692. The van der Waals surface area contributed by atoms with E-state index in [2.05, 4.69) is 17.2 Å². The molecule has 1 fully saturated rings. The van der Waals surface area contributed by atoms with E-state index in [1.807, 2.05) is 7.05 Å². The molecule has 0 spiro atoms. The number of aromatic nitrogens is 2. The molecule has 0 unspecified atom stereocenters. The van der Waals surface area contributed by atoms with Crippen molar-refractivity contribution in [2.75, 3.05) is 6.54 Å². The number of amides is 1. The molecule has 100 valence electrons. The van der Waals surface area contributed by atoms with Crippen LogP contribution < -0.4 is 11.1 Å². The summed E-state index contributed by atoms with van der Waals surface area (Å²) in [5.41, 5.74) is 6.24. The summed E-state index contributed by atoms with van der Waals surface area (Å²) in [6.45, 7) is 2.76. The van der Waals surface area contributed by atoms with Crippen LogP contribution in [-0.4, -0.2) is 27.5 Å². The molecule has 1 aromatic heterocycles. The number of nitrogens with one attached hydrogen (secondary N) is 1. The zero-order valence-corrected chi connectivity index (χ0v) is 11.1. The number of hydrogen-bond acceptors (Lipinski definition) is 3. The van der Waals surface area contributed by atoms with Crippen LogP contribution >= 0.6 is 0 Å². The van der Waals surface area contributed by atoms with Crippen LogP contribution in [0.15, 0.2) is 12.5 Å². The Kier molecular flexibility index (Phi) is 3.71. The van der Waals surface area contributed by atoms with Gasteiger partial charge in [0.25, 0.3) is 5.91 Å². The van der Waals surface area contributed by atoms with Crippen molar-refractivity contribution in [2.24, 2.45) is 18.7 Å². The molecule has 0 atom stereocenters. The van der Waals surface area contributed by atoms with Gasteiger partial charge in [-0.15, -0.1) is 0 Å². The van der Waals surface area contributed by atoms with Crippen molar-refractivity contribution in [1.82, 2.24) is 14.9 Å². The number of imidazole rings is 1. The first-order valence-electron chi connectivity index (χ1n) is 6.55. The molecule has 1 aliphatic carbocycles. The van der Waals surface area contributed by atoms with Crippen LogP contribution in [0.1, 0.15) is 43.1 Å². The van der Waals surface area contributed by atoms with Crippen LogP contribution in [0.25, 0.3) is 0 Å². The predicted octanol–water partition coefficient (Wildman–Crippen LogP) is 1.06. The summed E-state index contributed by atoms with van der Waals surface area (Å²) in [4.78, 5) is 16.2. The van der Waals surface area contributed by atoms with Gasteiger partial charge in [0.1, 0.15) is 5.69 Å². The monoisotopic (exact) mass is 250 g/mol. The first kappa shape index (κ1) is 13.1. The van der Waals surface area contributed by atoms with E-state index in [0.29, 0.717) is 12.2 Å². The van der Waals surface area contributed by atoms with Gasteiger partial charge in [-0.25, -0.2) is 4.98 Å². The second-order valence-electron chi connectivity index (χ2n) is 5.51. The average molecular weight is 250 g/mol. The normalized spacial score (nSPS) is 28.1. The smallest absolute Gasteiger partial charge is 0.270 e. The van der Waals surface area contributed by atoms with E-state index >= 15 is 0 Å². The number of hydrogen-bond donors (Lipinski definition) is 2. The van der Waals surface area contributed by atoms with E-state index in [1.165, 1.54) is 0 Å². The minimum absolute atomic E-state index is 0.0741. The van der Waals surface area contributed by atoms with Crippen LogP contribution in [0.4, 0.5) is 0 Å². The fourth-order valence-electron chi connectivity index (χ4n) is 2.58. The molecule has 1 amide bonds. The number of carbonyl (C=O) groups is 1. The molecule has 0 radical (unpaired) electrons. The lowest BCUT2D eigenvalue weighted by atomic mass is 9.77. The van der Waals surface area contributed by atoms with E-state index in [-0.39, 0.29) is 11.4 Å². The number of rotatable bonds is 3. The standard InChI is InChI=1S/C13H22N4O/c1-10-3-5-13(8-14,6-4-10)16-12(18)11-7-15-9-17(11)2/h7,9-10H,3-6,8,14H2,1-2H3,(H,16,18). The lowest BCUT2D eigenvalue weighted by Gasteiger charge is -2.39. The predicted molar refractivity (Wildman–Crippen MR) is 70.1 cm³/mol. The fourth-order valence-corrected chi connectivity index (χ4v) is 2.58. The molecule has 3 N–H and O–H groups in total. The molecular formula is C13H22N4O. The summed E-state index contributed by atoms with van der Waals surface area (Å²) in [5, 5.41) is 3.12. The molecule has 1 aromatic rings. The Morgan fingerprint density at radius 1 is 1.61 bits per heavy atom. The molecule has 5 nitrogen and oxygen atoms in total. The quantitative estimate of drug-likeness (QED) is 0.842. The number of nitrogens with two attached hydrogens (primary N) is 1. The van der Waals surface area contributed by atoms with Gasteiger partial charge < -0.3 is 15.6 Å². The van der Waals surface area contributed by atoms with E-state index in [9.17, 15) is 4.79 Å². The molecule has 1 aliphatic rings. The second kappa shape index (κ2) is 5.10. The zero-order chi connectivity index (χ0) is 13.2. The van der Waals surface area contributed by atoms with E-state index < -0.39 is 0 Å². The van der Waals surface area contributed by atoms with Gasteiger partial charge >= 0.3 is 0 Å². The maximum atomic E-state index is 12.2. The van der Waals surface area contributed by atoms with Gasteiger partial charge in [-0.2, -0.15) is 0 Å². The molecule has 5 heteroatoms. The highest BCUT2D eigenvalue weighted by atomic mass is 16.2. The summed E-state index contributed by atoms with van der Waals surface area (Å²) in [6.07, 6.45) is 7.41. The van der Waals surface area contributed by atoms with Crippen molar-refractivity contribution in [3.05, 3.63) is 18.2 Å². The maximum absolute atomic E-state index is 12.2. The molecule has 2 rings (SSSR count). The van der Waals surface area contributed by atoms with Crippen LogP contribution in [0.2, 0.25) is 0 Å². The first-order chi connectivity index (χ1) is 8.56. The topological polar surface area (TPSA) is 72.9 Å². The molecule has 0 bridgehead atoms. The molecule has 18 heavy (non-hydrogen) atoms.